The monoisotopic (exact) mass is 259 g/mol. The third kappa shape index (κ3) is 2.04. The van der Waals surface area contributed by atoms with Crippen LogP contribution < -0.4 is 11.1 Å². The first-order valence-electron chi connectivity index (χ1n) is 5.68. The van der Waals surface area contributed by atoms with Crippen LogP contribution in [0.25, 0.3) is 10.2 Å². The van der Waals surface area contributed by atoms with Crippen LogP contribution in [-0.4, -0.2) is 4.98 Å². The number of fused-ring (bicyclic) bond motifs is 1. The molecule has 0 aliphatic carbocycles. The predicted molar refractivity (Wildman–Crippen MR) is 74.8 cm³/mol. The van der Waals surface area contributed by atoms with Gasteiger partial charge in [0.1, 0.15) is 5.76 Å². The molecule has 0 spiro atoms. The van der Waals surface area contributed by atoms with E-state index in [-0.39, 0.29) is 6.04 Å². The summed E-state index contributed by atoms with van der Waals surface area (Å²) in [5.41, 5.74) is 7.48. The number of nitrogens with zero attached hydrogens (tertiary/aromatic N) is 1. The highest BCUT2D eigenvalue weighted by Gasteiger charge is 2.11. The zero-order chi connectivity index (χ0) is 12.5. The van der Waals surface area contributed by atoms with Crippen LogP contribution in [0.15, 0.2) is 41.0 Å². The highest BCUT2D eigenvalue weighted by Crippen LogP contribution is 2.29. The number of thiazole rings is 1. The maximum Gasteiger partial charge on any atom is 0.184 e. The van der Waals surface area contributed by atoms with Crippen molar-refractivity contribution in [3.8, 4) is 0 Å². The van der Waals surface area contributed by atoms with Crippen LogP contribution in [0.5, 0.6) is 0 Å². The van der Waals surface area contributed by atoms with Crippen molar-refractivity contribution in [3.63, 3.8) is 0 Å². The summed E-state index contributed by atoms with van der Waals surface area (Å²) in [4.78, 5) is 4.51. The number of nitrogen functional groups attached to an aromatic ring is 1. The maximum absolute atomic E-state index is 5.76. The van der Waals surface area contributed by atoms with E-state index in [9.17, 15) is 0 Å². The van der Waals surface area contributed by atoms with Crippen molar-refractivity contribution in [2.75, 3.05) is 11.1 Å². The number of hydrogen-bond donors (Lipinski definition) is 2. The molecule has 0 radical (unpaired) electrons. The summed E-state index contributed by atoms with van der Waals surface area (Å²) in [5.74, 6) is 0.897. The van der Waals surface area contributed by atoms with Crippen molar-refractivity contribution < 1.29 is 4.42 Å². The number of aromatic nitrogens is 1. The SMILES string of the molecule is CC(Nc1nc2ccc(N)cc2s1)c1ccco1. The molecule has 0 amide bonds. The summed E-state index contributed by atoms with van der Waals surface area (Å²) in [7, 11) is 0. The molecule has 0 aliphatic heterocycles. The van der Waals surface area contributed by atoms with Gasteiger partial charge in [-0.2, -0.15) is 0 Å². The molecule has 0 bridgehead atoms. The first-order valence-corrected chi connectivity index (χ1v) is 6.50. The van der Waals surface area contributed by atoms with E-state index >= 15 is 0 Å². The minimum Gasteiger partial charge on any atom is -0.467 e. The molecule has 0 aliphatic rings. The molecule has 92 valence electrons. The number of nitrogens with two attached hydrogens (primary N) is 1. The molecule has 1 aromatic carbocycles. The second-order valence-electron chi connectivity index (χ2n) is 4.13. The molecule has 3 N–H and O–H groups in total. The lowest BCUT2D eigenvalue weighted by atomic mass is 10.3. The Labute approximate surface area is 108 Å². The molecule has 1 atom stereocenters. The van der Waals surface area contributed by atoms with Crippen molar-refractivity contribution in [1.82, 2.24) is 4.98 Å². The molecule has 5 heteroatoms. The van der Waals surface area contributed by atoms with E-state index in [2.05, 4.69) is 10.3 Å². The van der Waals surface area contributed by atoms with Gasteiger partial charge in [0.25, 0.3) is 0 Å². The van der Waals surface area contributed by atoms with Crippen LogP contribution in [0.3, 0.4) is 0 Å². The number of anilines is 2. The molecule has 3 rings (SSSR count). The van der Waals surface area contributed by atoms with Crippen molar-refractivity contribution in [1.29, 1.82) is 0 Å². The molecule has 2 heterocycles. The van der Waals surface area contributed by atoms with Gasteiger partial charge in [-0.15, -0.1) is 0 Å². The lowest BCUT2D eigenvalue weighted by molar-refractivity contribution is 0.490. The molecule has 0 saturated heterocycles. The normalized spacial score (nSPS) is 12.7. The fourth-order valence-electron chi connectivity index (χ4n) is 1.80. The van der Waals surface area contributed by atoms with Crippen molar-refractivity contribution in [2.24, 2.45) is 0 Å². The number of hydrogen-bond acceptors (Lipinski definition) is 5. The lowest BCUT2D eigenvalue weighted by Gasteiger charge is -2.08. The summed E-state index contributed by atoms with van der Waals surface area (Å²) in [6.45, 7) is 2.04. The number of furan rings is 1. The van der Waals surface area contributed by atoms with Crippen LogP contribution in [0.2, 0.25) is 0 Å². The minimum atomic E-state index is 0.0953. The molecular formula is C13H13N3OS. The first kappa shape index (κ1) is 11.1. The Morgan fingerprint density at radius 1 is 1.39 bits per heavy atom. The Kier molecular flexibility index (Phi) is 2.68. The summed E-state index contributed by atoms with van der Waals surface area (Å²) in [6, 6.07) is 9.66. The summed E-state index contributed by atoms with van der Waals surface area (Å²) in [6.07, 6.45) is 1.67. The molecule has 3 aromatic rings. The Morgan fingerprint density at radius 3 is 3.06 bits per heavy atom. The van der Waals surface area contributed by atoms with Crippen molar-refractivity contribution >= 4 is 32.4 Å². The Morgan fingerprint density at radius 2 is 2.28 bits per heavy atom. The zero-order valence-electron chi connectivity index (χ0n) is 9.88. The summed E-state index contributed by atoms with van der Waals surface area (Å²) < 4.78 is 6.44. The average molecular weight is 259 g/mol. The fourth-order valence-corrected chi connectivity index (χ4v) is 2.80. The Balaban J connectivity index is 1.86. The van der Waals surface area contributed by atoms with Gasteiger partial charge in [0.2, 0.25) is 0 Å². The van der Waals surface area contributed by atoms with Crippen LogP contribution in [-0.2, 0) is 0 Å². The predicted octanol–water partition coefficient (Wildman–Crippen LogP) is 3.64. The van der Waals surface area contributed by atoms with E-state index in [1.54, 1.807) is 17.6 Å². The van der Waals surface area contributed by atoms with E-state index in [0.29, 0.717) is 0 Å². The molecule has 0 fully saturated rings. The smallest absolute Gasteiger partial charge is 0.184 e. The highest BCUT2D eigenvalue weighted by molar-refractivity contribution is 7.22. The molecular weight excluding hydrogens is 246 g/mol. The van der Waals surface area contributed by atoms with Crippen molar-refractivity contribution in [3.05, 3.63) is 42.4 Å². The molecule has 4 nitrogen and oxygen atoms in total. The molecule has 2 aromatic heterocycles. The fraction of sp³-hybridized carbons (Fsp3) is 0.154. The van der Waals surface area contributed by atoms with Gasteiger partial charge < -0.3 is 15.5 Å². The van der Waals surface area contributed by atoms with Crippen LogP contribution in [0.4, 0.5) is 10.8 Å². The van der Waals surface area contributed by atoms with E-state index in [4.69, 9.17) is 10.2 Å². The second-order valence-corrected chi connectivity index (χ2v) is 5.16. The highest BCUT2D eigenvalue weighted by atomic mass is 32.1. The number of rotatable bonds is 3. The van der Waals surface area contributed by atoms with Gasteiger partial charge in [0.15, 0.2) is 5.13 Å². The van der Waals surface area contributed by atoms with Gasteiger partial charge in [-0.25, -0.2) is 4.98 Å². The van der Waals surface area contributed by atoms with Gasteiger partial charge in [-0.1, -0.05) is 11.3 Å². The maximum atomic E-state index is 5.76. The zero-order valence-corrected chi connectivity index (χ0v) is 10.7. The van der Waals surface area contributed by atoms with Gasteiger partial charge in [0, 0.05) is 5.69 Å². The van der Waals surface area contributed by atoms with Gasteiger partial charge in [0.05, 0.1) is 22.5 Å². The van der Waals surface area contributed by atoms with Crippen molar-refractivity contribution in [2.45, 2.75) is 13.0 Å². The van der Waals surface area contributed by atoms with E-state index < -0.39 is 0 Å². The van der Waals surface area contributed by atoms with Gasteiger partial charge in [-0.3, -0.25) is 0 Å². The Bertz CT molecular complexity index is 660. The second kappa shape index (κ2) is 4.34. The molecule has 18 heavy (non-hydrogen) atoms. The molecule has 0 saturated carbocycles. The number of nitrogens with one attached hydrogen (secondary N) is 1. The Hall–Kier alpha value is -2.01. The minimum absolute atomic E-state index is 0.0953. The lowest BCUT2D eigenvalue weighted by Crippen LogP contribution is -2.04. The largest absolute Gasteiger partial charge is 0.467 e. The standard InChI is InChI=1S/C13H13N3OS/c1-8(11-3-2-6-17-11)15-13-16-10-5-4-9(14)7-12(10)18-13/h2-8H,14H2,1H3,(H,15,16). The average Bonchev–Trinajstić information content (AvgIpc) is 2.95. The van der Waals surface area contributed by atoms with E-state index in [1.165, 1.54) is 0 Å². The van der Waals surface area contributed by atoms with Gasteiger partial charge in [-0.05, 0) is 37.3 Å². The van der Waals surface area contributed by atoms with E-state index in [1.807, 2.05) is 37.3 Å². The van der Waals surface area contributed by atoms with E-state index in [0.717, 1.165) is 26.8 Å². The number of benzene rings is 1. The summed E-state index contributed by atoms with van der Waals surface area (Å²) in [5, 5.41) is 4.20. The first-order chi connectivity index (χ1) is 8.72. The third-order valence-corrected chi connectivity index (χ3v) is 3.67. The third-order valence-electron chi connectivity index (χ3n) is 2.72. The molecule has 1 unspecified atom stereocenters. The van der Waals surface area contributed by atoms with Gasteiger partial charge >= 0.3 is 0 Å². The van der Waals surface area contributed by atoms with Crippen LogP contribution in [0, 0.1) is 0 Å². The van der Waals surface area contributed by atoms with Crippen LogP contribution >= 0.6 is 11.3 Å². The quantitative estimate of drug-likeness (QED) is 0.705. The van der Waals surface area contributed by atoms with Crippen LogP contribution in [0.1, 0.15) is 18.7 Å². The summed E-state index contributed by atoms with van der Waals surface area (Å²) >= 11 is 1.59. The topological polar surface area (TPSA) is 64.1 Å².